The Balaban J connectivity index is 1.47. The Morgan fingerprint density at radius 2 is 1.78 bits per heavy atom. The van der Waals surface area contributed by atoms with Gasteiger partial charge in [0, 0.05) is 35.5 Å². The predicted octanol–water partition coefficient (Wildman–Crippen LogP) is 6.57. The SMILES string of the molecule is CC(C)(C)OC(=O)N(Cc1cc2ccc(Cn3cc(-c4cncc([N+](=O)[O-])c4)nn3)cc2n1C(=O)OC(C)(C)C)CC1CCC1. The lowest BCUT2D eigenvalue weighted by molar-refractivity contribution is -0.385. The lowest BCUT2D eigenvalue weighted by Crippen LogP contribution is -2.41. The van der Waals surface area contributed by atoms with E-state index in [1.165, 1.54) is 23.0 Å². The maximum atomic E-state index is 13.7. The maximum Gasteiger partial charge on any atom is 0.419 e. The minimum Gasteiger partial charge on any atom is -0.444 e. The van der Waals surface area contributed by atoms with Crippen LogP contribution >= 0.6 is 0 Å². The van der Waals surface area contributed by atoms with E-state index in [9.17, 15) is 19.7 Å². The molecule has 238 valence electrons. The van der Waals surface area contributed by atoms with Crippen molar-refractivity contribution in [1.82, 2.24) is 29.4 Å². The Morgan fingerprint density at radius 1 is 1.04 bits per heavy atom. The number of nitro groups is 1. The van der Waals surface area contributed by atoms with Crippen LogP contribution in [0.3, 0.4) is 0 Å². The van der Waals surface area contributed by atoms with Crippen molar-refractivity contribution in [3.63, 3.8) is 0 Å². The first-order chi connectivity index (χ1) is 21.1. The number of aromatic nitrogens is 5. The second kappa shape index (κ2) is 12.3. The maximum absolute atomic E-state index is 13.7. The van der Waals surface area contributed by atoms with E-state index in [4.69, 9.17) is 9.47 Å². The summed E-state index contributed by atoms with van der Waals surface area (Å²) in [7, 11) is 0. The Kier molecular flexibility index (Phi) is 8.63. The molecule has 13 heteroatoms. The van der Waals surface area contributed by atoms with Crippen molar-refractivity contribution < 1.29 is 24.0 Å². The third-order valence-corrected chi connectivity index (χ3v) is 7.34. The monoisotopic (exact) mass is 617 g/mol. The molecule has 1 aliphatic carbocycles. The minimum absolute atomic E-state index is 0.135. The van der Waals surface area contributed by atoms with Gasteiger partial charge in [0.1, 0.15) is 23.1 Å². The molecule has 0 atom stereocenters. The molecule has 3 aromatic heterocycles. The number of benzene rings is 1. The number of fused-ring (bicyclic) bond motifs is 1. The molecular formula is C32H39N7O6. The van der Waals surface area contributed by atoms with Gasteiger partial charge < -0.3 is 14.4 Å². The van der Waals surface area contributed by atoms with Crippen LogP contribution in [0.2, 0.25) is 0 Å². The number of hydrogen-bond donors (Lipinski definition) is 0. The van der Waals surface area contributed by atoms with Crippen molar-refractivity contribution in [3.8, 4) is 11.3 Å². The molecule has 0 aliphatic heterocycles. The molecule has 1 fully saturated rings. The second-order valence-corrected chi connectivity index (χ2v) is 13.5. The molecule has 3 heterocycles. The van der Waals surface area contributed by atoms with Gasteiger partial charge in [0.2, 0.25) is 0 Å². The van der Waals surface area contributed by atoms with E-state index in [1.807, 2.05) is 65.8 Å². The fourth-order valence-electron chi connectivity index (χ4n) is 5.12. The molecule has 0 unspecified atom stereocenters. The predicted molar refractivity (Wildman–Crippen MR) is 167 cm³/mol. The highest BCUT2D eigenvalue weighted by atomic mass is 16.6. The van der Waals surface area contributed by atoms with E-state index in [2.05, 4.69) is 15.3 Å². The van der Waals surface area contributed by atoms with Gasteiger partial charge in [0.15, 0.2) is 0 Å². The first-order valence-corrected chi connectivity index (χ1v) is 15.0. The number of ether oxygens (including phenoxy) is 2. The molecule has 0 radical (unpaired) electrons. The van der Waals surface area contributed by atoms with Crippen molar-refractivity contribution in [2.45, 2.75) is 85.1 Å². The van der Waals surface area contributed by atoms with E-state index in [0.29, 0.717) is 41.5 Å². The molecule has 4 aromatic rings. The van der Waals surface area contributed by atoms with Gasteiger partial charge in [0.05, 0.1) is 29.7 Å². The third kappa shape index (κ3) is 7.83. The average molecular weight is 618 g/mol. The summed E-state index contributed by atoms with van der Waals surface area (Å²) in [6.07, 6.45) is 6.64. The number of pyridine rings is 1. The zero-order chi connectivity index (χ0) is 32.5. The van der Waals surface area contributed by atoms with Crippen molar-refractivity contribution in [3.05, 3.63) is 70.3 Å². The van der Waals surface area contributed by atoms with Gasteiger partial charge in [-0.15, -0.1) is 5.10 Å². The molecule has 1 aromatic carbocycles. The molecule has 5 rings (SSSR count). The standard InChI is InChI=1S/C32H39N7O6/c1-31(2,3)44-29(40)36(17-21-8-7-9-21)19-26-13-23-11-10-22(12-28(23)38(26)30(41)45-32(4,5)6)18-37-20-27(34-35-37)24-14-25(39(42)43)16-33-15-24/h10-16,20-21H,7-9,17-19H2,1-6H3. The summed E-state index contributed by atoms with van der Waals surface area (Å²) in [5, 5.41) is 20.3. The minimum atomic E-state index is -0.738. The van der Waals surface area contributed by atoms with Gasteiger partial charge in [-0.25, -0.2) is 18.8 Å². The molecule has 0 saturated heterocycles. The Hall–Kier alpha value is -4.81. The number of amides is 1. The summed E-state index contributed by atoms with van der Waals surface area (Å²) in [5.41, 5.74) is 1.47. The van der Waals surface area contributed by atoms with Crippen molar-refractivity contribution in [1.29, 1.82) is 0 Å². The van der Waals surface area contributed by atoms with Gasteiger partial charge in [0.25, 0.3) is 5.69 Å². The number of carbonyl (C=O) groups excluding carboxylic acids is 2. The Labute approximate surface area is 261 Å². The lowest BCUT2D eigenvalue weighted by Gasteiger charge is -2.33. The first kappa shape index (κ1) is 31.6. The van der Waals surface area contributed by atoms with Gasteiger partial charge in [-0.1, -0.05) is 23.8 Å². The van der Waals surface area contributed by atoms with Crippen LogP contribution in [0.25, 0.3) is 22.2 Å². The average Bonchev–Trinajstić information content (AvgIpc) is 3.52. The van der Waals surface area contributed by atoms with Crippen LogP contribution < -0.4 is 0 Å². The molecule has 0 bridgehead atoms. The molecule has 1 aliphatic rings. The van der Waals surface area contributed by atoms with Gasteiger partial charge >= 0.3 is 12.2 Å². The van der Waals surface area contributed by atoms with Crippen LogP contribution in [0, 0.1) is 16.0 Å². The number of rotatable bonds is 8. The van der Waals surface area contributed by atoms with Crippen molar-refractivity contribution in [2.75, 3.05) is 6.54 Å². The summed E-state index contributed by atoms with van der Waals surface area (Å²) in [4.78, 5) is 43.2. The zero-order valence-electron chi connectivity index (χ0n) is 26.5. The van der Waals surface area contributed by atoms with E-state index < -0.39 is 28.3 Å². The molecule has 0 spiro atoms. The molecular weight excluding hydrogens is 578 g/mol. The molecule has 0 N–H and O–H groups in total. The van der Waals surface area contributed by atoms with Gasteiger partial charge in [-0.3, -0.25) is 15.1 Å². The van der Waals surface area contributed by atoms with Crippen LogP contribution in [0.15, 0.2) is 48.9 Å². The topological polar surface area (TPSA) is 148 Å². The molecule has 13 nitrogen and oxygen atoms in total. The molecule has 1 saturated carbocycles. The highest BCUT2D eigenvalue weighted by molar-refractivity contribution is 5.91. The van der Waals surface area contributed by atoms with E-state index in [-0.39, 0.29) is 12.2 Å². The smallest absolute Gasteiger partial charge is 0.419 e. The largest absolute Gasteiger partial charge is 0.444 e. The second-order valence-electron chi connectivity index (χ2n) is 13.5. The van der Waals surface area contributed by atoms with Crippen LogP contribution in [0.5, 0.6) is 0 Å². The van der Waals surface area contributed by atoms with Crippen LogP contribution in [0.1, 0.15) is 72.1 Å². The highest BCUT2D eigenvalue weighted by Gasteiger charge is 2.30. The Morgan fingerprint density at radius 3 is 2.42 bits per heavy atom. The van der Waals surface area contributed by atoms with E-state index in [1.54, 1.807) is 15.8 Å². The van der Waals surface area contributed by atoms with E-state index in [0.717, 1.165) is 30.2 Å². The van der Waals surface area contributed by atoms with E-state index >= 15 is 0 Å². The van der Waals surface area contributed by atoms with Gasteiger partial charge in [-0.2, -0.15) is 0 Å². The zero-order valence-corrected chi connectivity index (χ0v) is 26.5. The summed E-state index contributed by atoms with van der Waals surface area (Å²) in [6.45, 7) is 12.0. The van der Waals surface area contributed by atoms with Gasteiger partial charge in [-0.05, 0) is 78.0 Å². The number of nitrogens with zero attached hydrogens (tertiary/aromatic N) is 7. The normalized spacial score (nSPS) is 13.8. The Bertz CT molecular complexity index is 1730. The van der Waals surface area contributed by atoms with Crippen LogP contribution in [-0.4, -0.2) is 64.3 Å². The summed E-state index contributed by atoms with van der Waals surface area (Å²) < 4.78 is 14.7. The fraction of sp³-hybridized carbons (Fsp3) is 0.469. The van der Waals surface area contributed by atoms with Crippen molar-refractivity contribution in [2.24, 2.45) is 5.92 Å². The van der Waals surface area contributed by atoms with Crippen LogP contribution in [-0.2, 0) is 22.6 Å². The summed E-state index contributed by atoms with van der Waals surface area (Å²) in [5.74, 6) is 0.397. The number of carbonyl (C=O) groups is 2. The summed E-state index contributed by atoms with van der Waals surface area (Å²) >= 11 is 0. The molecule has 1 amide bonds. The first-order valence-electron chi connectivity index (χ1n) is 15.0. The quantitative estimate of drug-likeness (QED) is 0.158. The fourth-order valence-corrected chi connectivity index (χ4v) is 5.12. The summed E-state index contributed by atoms with van der Waals surface area (Å²) in [6, 6.07) is 9.05. The number of hydrogen-bond acceptors (Lipinski definition) is 9. The third-order valence-electron chi connectivity index (χ3n) is 7.34. The highest BCUT2D eigenvalue weighted by Crippen LogP contribution is 2.30. The van der Waals surface area contributed by atoms with Crippen molar-refractivity contribution >= 4 is 28.8 Å². The van der Waals surface area contributed by atoms with Crippen LogP contribution in [0.4, 0.5) is 15.3 Å². The molecule has 45 heavy (non-hydrogen) atoms. The lowest BCUT2D eigenvalue weighted by atomic mass is 9.85.